The number of anilines is 1. The van der Waals surface area contributed by atoms with E-state index in [1.165, 1.54) is 0 Å². The summed E-state index contributed by atoms with van der Waals surface area (Å²) in [6.45, 7) is 8.63. The Morgan fingerprint density at radius 2 is 1.69 bits per heavy atom. The van der Waals surface area contributed by atoms with Gasteiger partial charge in [-0.15, -0.1) is 0 Å². The number of hydrogen-bond acceptors (Lipinski definition) is 6. The van der Waals surface area contributed by atoms with E-state index in [2.05, 4.69) is 25.6 Å². The molecule has 0 unspecified atom stereocenters. The van der Waals surface area contributed by atoms with Crippen molar-refractivity contribution in [3.05, 3.63) is 96.4 Å². The van der Waals surface area contributed by atoms with Crippen LogP contribution < -0.4 is 10.6 Å². The third-order valence-corrected chi connectivity index (χ3v) is 9.13. The van der Waals surface area contributed by atoms with Gasteiger partial charge in [-0.05, 0) is 74.1 Å². The SMILES string of the molecule is CCCN(Cc1ncc(-c2ccc(-c3cc4cc(NC(=O)[C@@H]5CCCN5C(=O)[C@H](NC(=O)OC(C)C)c5ccccc5)ccc4[nH]3)cc2)[nH]1)C(C)=O. The maximum absolute atomic E-state index is 13.9. The summed E-state index contributed by atoms with van der Waals surface area (Å²) < 4.78 is 5.26. The number of nitrogens with zero attached hydrogens (tertiary/aromatic N) is 3. The largest absolute Gasteiger partial charge is 0.447 e. The molecule has 4 N–H and O–H groups in total. The number of carbonyl (C=O) groups is 4. The normalized spacial score (nSPS) is 14.7. The zero-order valence-corrected chi connectivity index (χ0v) is 29.9. The fourth-order valence-corrected chi connectivity index (χ4v) is 6.58. The average molecular weight is 704 g/mol. The van der Waals surface area contributed by atoms with Crippen LogP contribution in [-0.2, 0) is 25.7 Å². The standard InChI is InChI=1S/C40H45N7O5/c1-5-19-46(26(4)48)24-36-41-23-34(44-36)28-15-13-27(14-16-28)33-22-30-21-31(17-18-32(30)43-33)42-38(49)35-12-9-20-47(35)39(50)37(29-10-7-6-8-11-29)45-40(51)52-25(2)3/h6-8,10-11,13-18,21-23,25,35,37,43H,5,9,12,19-20,24H2,1-4H3,(H,41,44)(H,42,49)(H,45,51)/t35-,37+/m0/s1. The van der Waals surface area contributed by atoms with Crippen molar-refractivity contribution in [1.82, 2.24) is 30.1 Å². The van der Waals surface area contributed by atoms with Crippen molar-refractivity contribution in [1.29, 1.82) is 0 Å². The second kappa shape index (κ2) is 16.0. The Morgan fingerprint density at radius 3 is 2.38 bits per heavy atom. The molecule has 1 saturated heterocycles. The van der Waals surface area contributed by atoms with Crippen molar-refractivity contribution >= 4 is 40.4 Å². The number of amides is 4. The quantitative estimate of drug-likeness (QED) is 0.112. The van der Waals surface area contributed by atoms with Gasteiger partial charge in [0.25, 0.3) is 5.91 Å². The molecular formula is C40H45N7O5. The maximum atomic E-state index is 13.9. The first kappa shape index (κ1) is 35.9. The third kappa shape index (κ3) is 8.34. The molecule has 0 aliphatic carbocycles. The summed E-state index contributed by atoms with van der Waals surface area (Å²) in [6.07, 6.45) is 2.80. The second-order valence-corrected chi connectivity index (χ2v) is 13.4. The fourth-order valence-electron chi connectivity index (χ4n) is 6.58. The molecule has 1 aliphatic rings. The van der Waals surface area contributed by atoms with Gasteiger partial charge in [0.1, 0.15) is 17.9 Å². The van der Waals surface area contributed by atoms with E-state index < -0.39 is 18.2 Å². The van der Waals surface area contributed by atoms with Crippen molar-refractivity contribution in [3.63, 3.8) is 0 Å². The van der Waals surface area contributed by atoms with Gasteiger partial charge in [-0.2, -0.15) is 0 Å². The summed E-state index contributed by atoms with van der Waals surface area (Å²) in [7, 11) is 0. The average Bonchev–Trinajstić information content (AvgIpc) is 3.90. The van der Waals surface area contributed by atoms with Crippen LogP contribution in [0.15, 0.2) is 85.1 Å². The number of aromatic nitrogens is 3. The van der Waals surface area contributed by atoms with E-state index in [1.807, 2.05) is 61.5 Å². The molecule has 1 fully saturated rings. The molecule has 2 atom stereocenters. The lowest BCUT2D eigenvalue weighted by Crippen LogP contribution is -2.48. The van der Waals surface area contributed by atoms with E-state index in [-0.39, 0.29) is 23.8 Å². The van der Waals surface area contributed by atoms with Crippen LogP contribution in [0, 0.1) is 0 Å². The van der Waals surface area contributed by atoms with Gasteiger partial charge in [-0.3, -0.25) is 14.4 Å². The summed E-state index contributed by atoms with van der Waals surface area (Å²) >= 11 is 0. The minimum absolute atomic E-state index is 0.0260. The van der Waals surface area contributed by atoms with Gasteiger partial charge in [0.2, 0.25) is 11.8 Å². The zero-order chi connectivity index (χ0) is 36.8. The number of hydrogen-bond donors (Lipinski definition) is 4. The van der Waals surface area contributed by atoms with Crippen LogP contribution in [-0.4, -0.2) is 73.8 Å². The number of nitrogens with one attached hydrogen (secondary N) is 4. The van der Waals surface area contributed by atoms with Crippen LogP contribution in [0.4, 0.5) is 10.5 Å². The molecule has 0 spiro atoms. The minimum atomic E-state index is -0.990. The van der Waals surface area contributed by atoms with Gasteiger partial charge < -0.3 is 35.1 Å². The van der Waals surface area contributed by atoms with Crippen molar-refractivity contribution in [3.8, 4) is 22.5 Å². The van der Waals surface area contributed by atoms with Gasteiger partial charge in [0.15, 0.2) is 0 Å². The molecule has 52 heavy (non-hydrogen) atoms. The van der Waals surface area contributed by atoms with E-state index >= 15 is 0 Å². The number of aromatic amines is 2. The van der Waals surface area contributed by atoms with Gasteiger partial charge in [0, 0.05) is 42.3 Å². The smallest absolute Gasteiger partial charge is 0.408 e. The first-order chi connectivity index (χ1) is 25.1. The first-order valence-electron chi connectivity index (χ1n) is 17.8. The number of alkyl carbamates (subject to hydrolysis) is 1. The number of likely N-dealkylation sites (tertiary alicyclic amines) is 1. The van der Waals surface area contributed by atoms with Crippen LogP contribution in [0.3, 0.4) is 0 Å². The maximum Gasteiger partial charge on any atom is 0.408 e. The van der Waals surface area contributed by atoms with Gasteiger partial charge in [0.05, 0.1) is 24.5 Å². The second-order valence-electron chi connectivity index (χ2n) is 13.4. The number of fused-ring (bicyclic) bond motifs is 1. The highest BCUT2D eigenvalue weighted by atomic mass is 16.6. The van der Waals surface area contributed by atoms with Crippen LogP contribution in [0.25, 0.3) is 33.4 Å². The van der Waals surface area contributed by atoms with E-state index in [9.17, 15) is 19.2 Å². The Bertz CT molecular complexity index is 2040. The third-order valence-electron chi connectivity index (χ3n) is 9.13. The molecule has 3 heterocycles. The highest BCUT2D eigenvalue weighted by Crippen LogP contribution is 2.30. The van der Waals surface area contributed by atoms with Crippen molar-refractivity contribution in [2.24, 2.45) is 0 Å². The van der Waals surface area contributed by atoms with Crippen LogP contribution in [0.1, 0.15) is 64.4 Å². The lowest BCUT2D eigenvalue weighted by atomic mass is 10.0. The number of imidazole rings is 1. The summed E-state index contributed by atoms with van der Waals surface area (Å²) in [5, 5.41) is 6.65. The predicted octanol–water partition coefficient (Wildman–Crippen LogP) is 6.79. The summed E-state index contributed by atoms with van der Waals surface area (Å²) in [4.78, 5) is 66.6. The van der Waals surface area contributed by atoms with E-state index in [1.54, 1.807) is 61.0 Å². The number of ether oxygens (including phenoxy) is 1. The lowest BCUT2D eigenvalue weighted by molar-refractivity contribution is -0.138. The van der Waals surface area contributed by atoms with Crippen molar-refractivity contribution < 1.29 is 23.9 Å². The number of rotatable bonds is 12. The molecule has 3 aromatic carbocycles. The van der Waals surface area contributed by atoms with Crippen LogP contribution in [0.5, 0.6) is 0 Å². The Morgan fingerprint density at radius 1 is 0.962 bits per heavy atom. The summed E-state index contributed by atoms with van der Waals surface area (Å²) in [5.74, 6) is 0.124. The molecule has 12 heteroatoms. The Hall–Kier alpha value is -5.91. The highest BCUT2D eigenvalue weighted by Gasteiger charge is 2.38. The van der Waals surface area contributed by atoms with Crippen LogP contribution in [0.2, 0.25) is 0 Å². The Balaban J connectivity index is 1.13. The fraction of sp³-hybridized carbons (Fsp3) is 0.325. The molecule has 0 radical (unpaired) electrons. The van der Waals surface area contributed by atoms with Crippen molar-refractivity contribution in [2.45, 2.75) is 71.7 Å². The first-order valence-corrected chi connectivity index (χ1v) is 17.8. The Kier molecular flexibility index (Phi) is 11.0. The predicted molar refractivity (Wildman–Crippen MR) is 200 cm³/mol. The molecule has 6 rings (SSSR count). The topological polar surface area (TPSA) is 153 Å². The molecule has 5 aromatic rings. The zero-order valence-electron chi connectivity index (χ0n) is 29.9. The van der Waals surface area contributed by atoms with E-state index in [4.69, 9.17) is 4.74 Å². The molecule has 12 nitrogen and oxygen atoms in total. The molecule has 0 bridgehead atoms. The highest BCUT2D eigenvalue weighted by molar-refractivity contribution is 6.00. The van der Waals surface area contributed by atoms with Crippen LogP contribution >= 0.6 is 0 Å². The van der Waals surface area contributed by atoms with Gasteiger partial charge >= 0.3 is 6.09 Å². The number of carbonyl (C=O) groups excluding carboxylic acids is 4. The van der Waals surface area contributed by atoms with E-state index in [0.29, 0.717) is 43.7 Å². The van der Waals surface area contributed by atoms with Gasteiger partial charge in [-0.25, -0.2) is 9.78 Å². The molecule has 1 aliphatic heterocycles. The molecule has 270 valence electrons. The van der Waals surface area contributed by atoms with Crippen molar-refractivity contribution in [2.75, 3.05) is 18.4 Å². The molecule has 2 aromatic heterocycles. The molecular weight excluding hydrogens is 658 g/mol. The lowest BCUT2D eigenvalue weighted by Gasteiger charge is -2.29. The number of benzene rings is 3. The Labute approximate surface area is 302 Å². The van der Waals surface area contributed by atoms with Gasteiger partial charge in [-0.1, -0.05) is 61.5 Å². The monoisotopic (exact) mass is 703 g/mol. The molecule has 0 saturated carbocycles. The van der Waals surface area contributed by atoms with E-state index in [0.717, 1.165) is 45.7 Å². The molecule has 4 amide bonds. The summed E-state index contributed by atoms with van der Waals surface area (Å²) in [5.41, 5.74) is 5.92. The number of H-pyrrole nitrogens is 2. The minimum Gasteiger partial charge on any atom is -0.447 e. The summed E-state index contributed by atoms with van der Waals surface area (Å²) in [6, 6.07) is 23.1.